The second kappa shape index (κ2) is 13.3. The molecule has 0 bridgehead atoms. The summed E-state index contributed by atoms with van der Waals surface area (Å²) < 4.78 is 0. The van der Waals surface area contributed by atoms with E-state index in [0.29, 0.717) is 29.2 Å². The summed E-state index contributed by atoms with van der Waals surface area (Å²) in [5, 5.41) is 7.14. The number of halogens is 1. The molecule has 5 rings (SSSR count). The van der Waals surface area contributed by atoms with Crippen molar-refractivity contribution in [3.05, 3.63) is 121 Å². The van der Waals surface area contributed by atoms with Crippen molar-refractivity contribution in [3.63, 3.8) is 0 Å². The minimum Gasteiger partial charge on any atom is -0.366 e. The van der Waals surface area contributed by atoms with Gasteiger partial charge in [-0.2, -0.15) is 0 Å². The molecular formula is C27H24ClN7O2. The molecule has 0 saturated heterocycles. The summed E-state index contributed by atoms with van der Waals surface area (Å²) in [4.78, 5) is 39.6. The number of nitrogens with zero attached hydrogens (tertiary/aromatic N) is 4. The zero-order chi connectivity index (χ0) is 25.2. The van der Waals surface area contributed by atoms with Gasteiger partial charge in [0.25, 0.3) is 5.91 Å². The second-order valence-corrected chi connectivity index (χ2v) is 7.55. The Hall–Kier alpha value is -4.89. The first kappa shape index (κ1) is 26.7. The molecule has 0 spiro atoms. The first-order chi connectivity index (χ1) is 17.6. The maximum Gasteiger partial charge on any atom is 0.259 e. The molecule has 186 valence electrons. The molecule has 5 aromatic rings. The summed E-state index contributed by atoms with van der Waals surface area (Å²) in [6.45, 7) is 0.551. The minimum absolute atomic E-state index is 0. The molecule has 4 aromatic heterocycles. The van der Waals surface area contributed by atoms with Gasteiger partial charge in [-0.3, -0.25) is 24.5 Å². The van der Waals surface area contributed by atoms with Crippen molar-refractivity contribution >= 4 is 46.6 Å². The van der Waals surface area contributed by atoms with E-state index in [4.69, 9.17) is 5.73 Å². The smallest absolute Gasteiger partial charge is 0.259 e. The van der Waals surface area contributed by atoms with Crippen molar-refractivity contribution in [2.75, 3.05) is 10.6 Å². The third-order valence-corrected chi connectivity index (χ3v) is 5.09. The average molecular weight is 514 g/mol. The van der Waals surface area contributed by atoms with Gasteiger partial charge in [0, 0.05) is 49.1 Å². The summed E-state index contributed by atoms with van der Waals surface area (Å²) in [6, 6.07) is 20.1. The number of benzene rings is 1. The Morgan fingerprint density at radius 3 is 2.24 bits per heavy atom. The maximum absolute atomic E-state index is 12.9. The molecular weight excluding hydrogens is 490 g/mol. The number of hydrogen-bond acceptors (Lipinski definition) is 7. The highest BCUT2D eigenvalue weighted by atomic mass is 35.5. The highest BCUT2D eigenvalue weighted by molar-refractivity contribution is 6.10. The standard InChI is InChI=1S/C21H17N5O.C6H6N2O.ClH/c27-21(26-18-7-1-4-16-5-2-10-23-19(16)18)17-6-3-11-24-20(17)25-14-15-8-12-22-13-9-15;7-6(9)5-2-1-3-8-4-5;/h1-13H,14H2,(H,24,25)(H,26,27);1-4H,(H2,7,9);1H. The lowest BCUT2D eigenvalue weighted by Gasteiger charge is -2.12. The van der Waals surface area contributed by atoms with Crippen LogP contribution in [0.5, 0.6) is 0 Å². The van der Waals surface area contributed by atoms with E-state index in [1.54, 1.807) is 55.2 Å². The largest absolute Gasteiger partial charge is 0.366 e. The van der Waals surface area contributed by atoms with Crippen LogP contribution in [-0.4, -0.2) is 31.8 Å². The van der Waals surface area contributed by atoms with Crippen molar-refractivity contribution in [2.24, 2.45) is 5.73 Å². The van der Waals surface area contributed by atoms with Crippen molar-refractivity contribution in [3.8, 4) is 0 Å². The lowest BCUT2D eigenvalue weighted by molar-refractivity contribution is 0.0997. The molecule has 2 amide bonds. The molecule has 37 heavy (non-hydrogen) atoms. The zero-order valence-electron chi connectivity index (χ0n) is 19.6. The zero-order valence-corrected chi connectivity index (χ0v) is 20.4. The molecule has 0 radical (unpaired) electrons. The van der Waals surface area contributed by atoms with Crippen LogP contribution in [0.25, 0.3) is 10.9 Å². The predicted molar refractivity (Wildman–Crippen MR) is 145 cm³/mol. The minimum atomic E-state index is -0.442. The Bertz CT molecular complexity index is 1460. The average Bonchev–Trinajstić information content (AvgIpc) is 2.93. The topological polar surface area (TPSA) is 136 Å². The summed E-state index contributed by atoms with van der Waals surface area (Å²) in [7, 11) is 0. The molecule has 0 aliphatic heterocycles. The molecule has 0 aliphatic rings. The number of fused-ring (bicyclic) bond motifs is 1. The van der Waals surface area contributed by atoms with E-state index in [1.807, 2.05) is 42.5 Å². The number of carbonyl (C=O) groups is 2. The Morgan fingerprint density at radius 2 is 1.51 bits per heavy atom. The highest BCUT2D eigenvalue weighted by Gasteiger charge is 2.14. The number of primary amides is 1. The van der Waals surface area contributed by atoms with Crippen LogP contribution in [0, 0.1) is 0 Å². The number of rotatable bonds is 6. The Balaban J connectivity index is 0.000000324. The summed E-state index contributed by atoms with van der Waals surface area (Å²) >= 11 is 0. The van der Waals surface area contributed by atoms with Crippen LogP contribution in [0.3, 0.4) is 0 Å². The fourth-order valence-corrected chi connectivity index (χ4v) is 3.32. The van der Waals surface area contributed by atoms with Gasteiger partial charge in [-0.1, -0.05) is 18.2 Å². The number of carbonyl (C=O) groups excluding carboxylic acids is 2. The molecule has 0 atom stereocenters. The number of nitrogens with one attached hydrogen (secondary N) is 2. The van der Waals surface area contributed by atoms with Gasteiger partial charge in [0.15, 0.2) is 0 Å². The molecule has 0 fully saturated rings. The molecule has 1 aromatic carbocycles. The third kappa shape index (κ3) is 7.30. The van der Waals surface area contributed by atoms with Gasteiger partial charge in [0.2, 0.25) is 5.91 Å². The Labute approximate surface area is 219 Å². The van der Waals surface area contributed by atoms with Crippen LogP contribution in [0.15, 0.2) is 104 Å². The summed E-state index contributed by atoms with van der Waals surface area (Å²) in [5.74, 6) is -0.151. The van der Waals surface area contributed by atoms with Gasteiger partial charge in [0.1, 0.15) is 5.82 Å². The molecule has 10 heteroatoms. The van der Waals surface area contributed by atoms with Crippen LogP contribution in [0.1, 0.15) is 26.3 Å². The van der Waals surface area contributed by atoms with Gasteiger partial charge < -0.3 is 16.4 Å². The van der Waals surface area contributed by atoms with Gasteiger partial charge in [0.05, 0.1) is 22.3 Å². The second-order valence-electron chi connectivity index (χ2n) is 7.55. The van der Waals surface area contributed by atoms with Crippen molar-refractivity contribution in [2.45, 2.75) is 6.54 Å². The van der Waals surface area contributed by atoms with Gasteiger partial charge >= 0.3 is 0 Å². The van der Waals surface area contributed by atoms with E-state index in [1.165, 1.54) is 6.20 Å². The van der Waals surface area contributed by atoms with Crippen LogP contribution >= 0.6 is 12.4 Å². The molecule has 0 saturated carbocycles. The highest BCUT2D eigenvalue weighted by Crippen LogP contribution is 2.22. The van der Waals surface area contributed by atoms with Gasteiger partial charge in [-0.25, -0.2) is 4.98 Å². The first-order valence-electron chi connectivity index (χ1n) is 11.0. The third-order valence-electron chi connectivity index (χ3n) is 5.09. The fourth-order valence-electron chi connectivity index (χ4n) is 3.32. The molecule has 0 unspecified atom stereocenters. The van der Waals surface area contributed by atoms with Crippen molar-refractivity contribution in [1.29, 1.82) is 0 Å². The number of nitrogens with two attached hydrogens (primary N) is 1. The Morgan fingerprint density at radius 1 is 0.784 bits per heavy atom. The lowest BCUT2D eigenvalue weighted by atomic mass is 10.1. The summed E-state index contributed by atoms with van der Waals surface area (Å²) in [5.41, 5.74) is 8.33. The number of pyridine rings is 4. The molecule has 0 aliphatic carbocycles. The van der Waals surface area contributed by atoms with Gasteiger partial charge in [-0.15, -0.1) is 12.4 Å². The first-order valence-corrected chi connectivity index (χ1v) is 11.0. The quantitative estimate of drug-likeness (QED) is 0.304. The number of anilines is 2. The lowest BCUT2D eigenvalue weighted by Crippen LogP contribution is -2.16. The molecule has 4 N–H and O–H groups in total. The van der Waals surface area contributed by atoms with Crippen molar-refractivity contribution in [1.82, 2.24) is 19.9 Å². The fraction of sp³-hybridized carbons (Fsp3) is 0.0370. The number of hydrogen-bond donors (Lipinski definition) is 3. The van der Waals surface area contributed by atoms with E-state index < -0.39 is 5.91 Å². The van der Waals surface area contributed by atoms with E-state index >= 15 is 0 Å². The number of aromatic nitrogens is 4. The van der Waals surface area contributed by atoms with Crippen LogP contribution in [0.2, 0.25) is 0 Å². The molecule has 4 heterocycles. The van der Waals surface area contributed by atoms with Crippen LogP contribution in [-0.2, 0) is 6.54 Å². The van der Waals surface area contributed by atoms with Crippen LogP contribution in [0.4, 0.5) is 11.5 Å². The monoisotopic (exact) mass is 513 g/mol. The molecule has 9 nitrogen and oxygen atoms in total. The predicted octanol–water partition coefficient (Wildman–Crippen LogP) is 4.49. The van der Waals surface area contributed by atoms with Crippen LogP contribution < -0.4 is 16.4 Å². The van der Waals surface area contributed by atoms with E-state index in [0.717, 1.165) is 16.5 Å². The SMILES string of the molecule is Cl.NC(=O)c1cccnc1.O=C(Nc1cccc2cccnc12)c1cccnc1NCc1ccncc1. The van der Waals surface area contributed by atoms with Crippen molar-refractivity contribution < 1.29 is 9.59 Å². The van der Waals surface area contributed by atoms with E-state index in [2.05, 4.69) is 30.6 Å². The van der Waals surface area contributed by atoms with E-state index in [-0.39, 0.29) is 18.3 Å². The van der Waals surface area contributed by atoms with E-state index in [9.17, 15) is 9.59 Å². The summed E-state index contributed by atoms with van der Waals surface area (Å²) in [6.07, 6.45) is 9.86. The normalized spacial score (nSPS) is 9.84. The van der Waals surface area contributed by atoms with Gasteiger partial charge in [-0.05, 0) is 54.1 Å². The number of para-hydroxylation sites is 1. The number of amides is 2. The Kier molecular flexibility index (Phi) is 9.58. The maximum atomic E-state index is 12.9.